The lowest BCUT2D eigenvalue weighted by Gasteiger charge is -2.22. The van der Waals surface area contributed by atoms with Crippen LogP contribution in [0.5, 0.6) is 0 Å². The van der Waals surface area contributed by atoms with Crippen LogP contribution in [-0.2, 0) is 6.42 Å². The van der Waals surface area contributed by atoms with Gasteiger partial charge in [-0.3, -0.25) is 4.57 Å². The van der Waals surface area contributed by atoms with Crippen LogP contribution in [0.15, 0.2) is 42.5 Å². The second-order valence-electron chi connectivity index (χ2n) is 5.14. The number of aromatic nitrogens is 2. The molecule has 1 aliphatic heterocycles. The van der Waals surface area contributed by atoms with Crippen LogP contribution in [0, 0.1) is 0 Å². The van der Waals surface area contributed by atoms with Crippen molar-refractivity contribution in [2.75, 3.05) is 17.6 Å². The third-order valence-corrected chi connectivity index (χ3v) is 3.88. The van der Waals surface area contributed by atoms with Gasteiger partial charge >= 0.3 is 0 Å². The summed E-state index contributed by atoms with van der Waals surface area (Å²) >= 11 is 0. The molecular weight excluding hydrogens is 248 g/mol. The number of hydrogen-bond donors (Lipinski definition) is 2. The predicted octanol–water partition coefficient (Wildman–Crippen LogP) is 2.97. The molecule has 4 nitrogen and oxygen atoms in total. The van der Waals surface area contributed by atoms with Crippen LogP contribution in [0.3, 0.4) is 0 Å². The van der Waals surface area contributed by atoms with Crippen molar-refractivity contribution in [1.82, 2.24) is 9.55 Å². The van der Waals surface area contributed by atoms with Crippen molar-refractivity contribution < 1.29 is 0 Å². The van der Waals surface area contributed by atoms with Crippen LogP contribution in [-0.4, -0.2) is 16.1 Å². The number of nitrogens with one attached hydrogen (secondary N) is 1. The fourth-order valence-corrected chi connectivity index (χ4v) is 2.98. The molecule has 20 heavy (non-hydrogen) atoms. The molecule has 4 rings (SSSR count). The summed E-state index contributed by atoms with van der Waals surface area (Å²) in [6.45, 7) is 1.01. The minimum atomic E-state index is 0.534. The number of nitrogens with zero attached hydrogens (tertiary/aromatic N) is 2. The Kier molecular flexibility index (Phi) is 2.42. The summed E-state index contributed by atoms with van der Waals surface area (Å²) in [5.74, 6) is 0.534. The summed E-state index contributed by atoms with van der Waals surface area (Å²) in [5.41, 5.74) is 11.8. The molecule has 3 aromatic rings. The third-order valence-electron chi connectivity index (χ3n) is 3.88. The van der Waals surface area contributed by atoms with E-state index in [1.165, 1.54) is 17.7 Å². The van der Waals surface area contributed by atoms with E-state index in [1.54, 1.807) is 0 Å². The summed E-state index contributed by atoms with van der Waals surface area (Å²) in [7, 11) is 0. The Morgan fingerprint density at radius 1 is 1.10 bits per heavy atom. The van der Waals surface area contributed by atoms with E-state index in [4.69, 9.17) is 5.73 Å². The lowest BCUT2D eigenvalue weighted by atomic mass is 10.0. The first-order valence-corrected chi connectivity index (χ1v) is 6.94. The van der Waals surface area contributed by atoms with E-state index in [0.717, 1.165) is 29.7 Å². The second-order valence-corrected chi connectivity index (χ2v) is 5.14. The van der Waals surface area contributed by atoms with Crippen molar-refractivity contribution in [2.45, 2.75) is 12.8 Å². The van der Waals surface area contributed by atoms with Crippen LogP contribution < -0.4 is 11.1 Å². The lowest BCUT2D eigenvalue weighted by molar-refractivity contribution is 0.826. The van der Waals surface area contributed by atoms with Gasteiger partial charge in [0.25, 0.3) is 0 Å². The van der Waals surface area contributed by atoms with E-state index in [1.807, 2.05) is 22.8 Å². The molecule has 0 atom stereocenters. The van der Waals surface area contributed by atoms with Gasteiger partial charge in [0.2, 0.25) is 5.95 Å². The maximum absolute atomic E-state index is 6.14. The number of fused-ring (bicyclic) bond motifs is 2. The fourth-order valence-electron chi connectivity index (χ4n) is 2.98. The number of para-hydroxylation sites is 3. The van der Waals surface area contributed by atoms with Crippen LogP contribution in [0.25, 0.3) is 16.7 Å². The van der Waals surface area contributed by atoms with E-state index in [2.05, 4.69) is 34.6 Å². The molecule has 0 bridgehead atoms. The maximum atomic E-state index is 6.14. The quantitative estimate of drug-likeness (QED) is 0.710. The summed E-state index contributed by atoms with van der Waals surface area (Å²) in [6, 6.07) is 14.4. The Labute approximate surface area is 117 Å². The molecule has 1 aliphatic rings. The summed E-state index contributed by atoms with van der Waals surface area (Å²) < 4.78 is 2.03. The topological polar surface area (TPSA) is 55.9 Å². The minimum Gasteiger partial charge on any atom is -0.383 e. The maximum Gasteiger partial charge on any atom is 0.206 e. The average Bonchev–Trinajstić information content (AvgIpc) is 2.82. The number of nitrogen functional groups attached to an aromatic ring is 1. The van der Waals surface area contributed by atoms with Gasteiger partial charge in [0, 0.05) is 6.54 Å². The van der Waals surface area contributed by atoms with Gasteiger partial charge in [0.1, 0.15) is 0 Å². The van der Waals surface area contributed by atoms with Gasteiger partial charge < -0.3 is 11.1 Å². The van der Waals surface area contributed by atoms with Crippen LogP contribution >= 0.6 is 0 Å². The largest absolute Gasteiger partial charge is 0.383 e. The Bertz CT molecular complexity index is 788. The Hall–Kier alpha value is -2.49. The molecule has 1 aromatic heterocycles. The zero-order valence-electron chi connectivity index (χ0n) is 11.1. The molecule has 0 radical (unpaired) electrons. The third kappa shape index (κ3) is 1.58. The van der Waals surface area contributed by atoms with Crippen molar-refractivity contribution in [3.63, 3.8) is 0 Å². The molecule has 0 amide bonds. The molecule has 2 aromatic carbocycles. The van der Waals surface area contributed by atoms with E-state index in [0.29, 0.717) is 5.95 Å². The number of aryl methyl sites for hydroxylation is 1. The number of imidazole rings is 1. The highest BCUT2D eigenvalue weighted by Crippen LogP contribution is 2.32. The van der Waals surface area contributed by atoms with E-state index in [-0.39, 0.29) is 0 Å². The predicted molar refractivity (Wildman–Crippen MR) is 82.3 cm³/mol. The molecule has 0 aliphatic carbocycles. The monoisotopic (exact) mass is 264 g/mol. The lowest BCUT2D eigenvalue weighted by Crippen LogP contribution is -2.15. The Balaban J connectivity index is 2.02. The van der Waals surface area contributed by atoms with Gasteiger partial charge in [-0.15, -0.1) is 0 Å². The summed E-state index contributed by atoms with van der Waals surface area (Å²) in [4.78, 5) is 4.45. The van der Waals surface area contributed by atoms with Gasteiger partial charge in [0.15, 0.2) is 0 Å². The standard InChI is InChI=1S/C16H16N4/c17-16-19-12-7-1-2-8-13(12)20(16)14-9-3-5-11-6-4-10-18-15(11)14/h1-3,5,7-9,18H,4,6,10H2,(H2,17,19). The number of hydrogen-bond acceptors (Lipinski definition) is 3. The van der Waals surface area contributed by atoms with Crippen LogP contribution in [0.1, 0.15) is 12.0 Å². The van der Waals surface area contributed by atoms with Crippen LogP contribution in [0.2, 0.25) is 0 Å². The Morgan fingerprint density at radius 3 is 2.95 bits per heavy atom. The summed E-state index contributed by atoms with van der Waals surface area (Å²) in [6.07, 6.45) is 2.29. The number of nitrogens with two attached hydrogens (primary N) is 1. The van der Waals surface area contributed by atoms with Crippen molar-refractivity contribution in [2.24, 2.45) is 0 Å². The first-order valence-electron chi connectivity index (χ1n) is 6.94. The molecule has 0 saturated heterocycles. The van der Waals surface area contributed by atoms with Gasteiger partial charge in [0.05, 0.1) is 22.4 Å². The first-order chi connectivity index (χ1) is 9.84. The van der Waals surface area contributed by atoms with Gasteiger partial charge in [-0.2, -0.15) is 0 Å². The zero-order valence-corrected chi connectivity index (χ0v) is 11.1. The Morgan fingerprint density at radius 2 is 2.00 bits per heavy atom. The molecule has 3 N–H and O–H groups in total. The number of rotatable bonds is 1. The smallest absolute Gasteiger partial charge is 0.206 e. The van der Waals surface area contributed by atoms with E-state index < -0.39 is 0 Å². The number of benzene rings is 2. The zero-order chi connectivity index (χ0) is 13.5. The first kappa shape index (κ1) is 11.3. The normalized spacial score (nSPS) is 14.0. The fraction of sp³-hybridized carbons (Fsp3) is 0.188. The van der Waals surface area contributed by atoms with E-state index in [9.17, 15) is 0 Å². The molecule has 2 heterocycles. The highest BCUT2D eigenvalue weighted by Gasteiger charge is 2.17. The summed E-state index contributed by atoms with van der Waals surface area (Å²) in [5, 5.41) is 3.51. The van der Waals surface area contributed by atoms with Crippen molar-refractivity contribution in [3.8, 4) is 5.69 Å². The van der Waals surface area contributed by atoms with Crippen molar-refractivity contribution >= 4 is 22.7 Å². The van der Waals surface area contributed by atoms with Gasteiger partial charge in [-0.25, -0.2) is 4.98 Å². The SMILES string of the molecule is Nc1nc2ccccc2n1-c1cccc2c1NCCC2. The molecular formula is C16H16N4. The highest BCUT2D eigenvalue weighted by atomic mass is 15.2. The van der Waals surface area contributed by atoms with Gasteiger partial charge in [-0.05, 0) is 36.6 Å². The van der Waals surface area contributed by atoms with Gasteiger partial charge in [-0.1, -0.05) is 24.3 Å². The molecule has 0 spiro atoms. The molecule has 4 heteroatoms. The molecule has 0 saturated carbocycles. The minimum absolute atomic E-state index is 0.534. The number of anilines is 2. The van der Waals surface area contributed by atoms with E-state index >= 15 is 0 Å². The average molecular weight is 264 g/mol. The van der Waals surface area contributed by atoms with Crippen LogP contribution in [0.4, 0.5) is 11.6 Å². The molecule has 0 fully saturated rings. The molecule has 0 unspecified atom stereocenters. The van der Waals surface area contributed by atoms with Crippen molar-refractivity contribution in [3.05, 3.63) is 48.0 Å². The second kappa shape index (κ2) is 4.27. The van der Waals surface area contributed by atoms with Crippen molar-refractivity contribution in [1.29, 1.82) is 0 Å². The highest BCUT2D eigenvalue weighted by molar-refractivity contribution is 5.83. The molecule has 100 valence electrons.